The molecule has 0 radical (unpaired) electrons. The molecule has 2 N–H and O–H groups in total. The first kappa shape index (κ1) is 10.2. The lowest BCUT2D eigenvalue weighted by Crippen LogP contribution is -2.15. The van der Waals surface area contributed by atoms with E-state index in [4.69, 9.17) is 9.88 Å². The second-order valence-electron chi connectivity index (χ2n) is 3.29. The van der Waals surface area contributed by atoms with E-state index in [1.807, 2.05) is 12.1 Å². The van der Waals surface area contributed by atoms with Gasteiger partial charge in [-0.3, -0.25) is 0 Å². The highest BCUT2D eigenvalue weighted by Gasteiger charge is 2.16. The molecule has 1 aromatic carbocycles. The third-order valence-corrected chi connectivity index (χ3v) is 3.26. The average Bonchev–Trinajstić information content (AvgIpc) is 2.38. The van der Waals surface area contributed by atoms with E-state index in [2.05, 4.69) is 0 Å². The molecular formula is C10H11NO3S. The van der Waals surface area contributed by atoms with Crippen molar-refractivity contribution >= 4 is 16.1 Å². The molecule has 4 nitrogen and oxygen atoms in total. The predicted octanol–water partition coefficient (Wildman–Crippen LogP) is 1.10. The van der Waals surface area contributed by atoms with E-state index in [0.29, 0.717) is 18.8 Å². The molecule has 1 aliphatic heterocycles. The molecule has 15 heavy (non-hydrogen) atoms. The Bertz CT molecular complexity index is 505. The first-order valence-electron chi connectivity index (χ1n) is 4.52. The summed E-state index contributed by atoms with van der Waals surface area (Å²) in [6.45, 7) is 0.333. The highest BCUT2D eigenvalue weighted by atomic mass is 32.2. The van der Waals surface area contributed by atoms with E-state index in [1.165, 1.54) is 0 Å². The van der Waals surface area contributed by atoms with Gasteiger partial charge in [0.05, 0.1) is 11.5 Å². The SMILES string of the molecule is NS(=O)(=O)C1=Cc2ccccc2OCC1. The fourth-order valence-electron chi connectivity index (χ4n) is 1.46. The number of hydrogen-bond acceptors (Lipinski definition) is 3. The maximum Gasteiger partial charge on any atom is 0.234 e. The Hall–Kier alpha value is -1.33. The van der Waals surface area contributed by atoms with Crippen molar-refractivity contribution in [2.45, 2.75) is 6.42 Å². The van der Waals surface area contributed by atoms with Crippen LogP contribution in [0.5, 0.6) is 5.75 Å². The van der Waals surface area contributed by atoms with E-state index < -0.39 is 10.0 Å². The lowest BCUT2D eigenvalue weighted by molar-refractivity contribution is 0.325. The van der Waals surface area contributed by atoms with Gasteiger partial charge >= 0.3 is 0 Å². The maximum atomic E-state index is 11.2. The number of ether oxygens (including phenoxy) is 1. The van der Waals surface area contributed by atoms with Gasteiger partial charge in [0.2, 0.25) is 10.0 Å². The van der Waals surface area contributed by atoms with Crippen LogP contribution >= 0.6 is 0 Å². The first-order valence-corrected chi connectivity index (χ1v) is 6.07. The van der Waals surface area contributed by atoms with Crippen molar-refractivity contribution in [3.05, 3.63) is 34.7 Å². The van der Waals surface area contributed by atoms with Crippen molar-refractivity contribution in [1.29, 1.82) is 0 Å². The van der Waals surface area contributed by atoms with Crippen LogP contribution in [0.15, 0.2) is 29.2 Å². The molecule has 0 amide bonds. The molecule has 1 aliphatic rings. The molecule has 2 rings (SSSR count). The summed E-state index contributed by atoms with van der Waals surface area (Å²) in [5, 5.41) is 5.09. The average molecular weight is 225 g/mol. The minimum Gasteiger partial charge on any atom is -0.493 e. The van der Waals surface area contributed by atoms with Crippen LogP contribution < -0.4 is 9.88 Å². The summed E-state index contributed by atoms with van der Waals surface area (Å²) in [7, 11) is -3.61. The maximum absolute atomic E-state index is 11.2. The number of benzene rings is 1. The second-order valence-corrected chi connectivity index (χ2v) is 4.91. The highest BCUT2D eigenvalue weighted by molar-refractivity contribution is 7.93. The zero-order valence-electron chi connectivity index (χ0n) is 8.01. The predicted molar refractivity (Wildman–Crippen MR) is 57.6 cm³/mol. The summed E-state index contributed by atoms with van der Waals surface area (Å²) in [5.41, 5.74) is 0.749. The molecule has 0 bridgehead atoms. The monoisotopic (exact) mass is 225 g/mol. The van der Waals surface area contributed by atoms with Crippen LogP contribution in [0.3, 0.4) is 0 Å². The Morgan fingerprint density at radius 2 is 2.00 bits per heavy atom. The van der Waals surface area contributed by atoms with Gasteiger partial charge in [-0.1, -0.05) is 18.2 Å². The smallest absolute Gasteiger partial charge is 0.234 e. The molecule has 0 saturated heterocycles. The van der Waals surface area contributed by atoms with Gasteiger partial charge in [0, 0.05) is 12.0 Å². The van der Waals surface area contributed by atoms with Crippen LogP contribution in [0.1, 0.15) is 12.0 Å². The van der Waals surface area contributed by atoms with Crippen LogP contribution in [0.4, 0.5) is 0 Å². The summed E-state index contributed by atoms with van der Waals surface area (Å²) in [5.74, 6) is 0.691. The molecule has 0 fully saturated rings. The van der Waals surface area contributed by atoms with Crippen LogP contribution in [0.25, 0.3) is 6.08 Å². The molecule has 0 aliphatic carbocycles. The van der Waals surface area contributed by atoms with Gasteiger partial charge in [-0.05, 0) is 12.1 Å². The molecule has 0 atom stereocenters. The zero-order valence-corrected chi connectivity index (χ0v) is 8.83. The van der Waals surface area contributed by atoms with E-state index in [1.54, 1.807) is 18.2 Å². The summed E-state index contributed by atoms with van der Waals surface area (Å²) in [6, 6.07) is 7.27. The van der Waals surface area contributed by atoms with Crippen LogP contribution in [0, 0.1) is 0 Å². The number of para-hydroxylation sites is 1. The molecule has 5 heteroatoms. The van der Waals surface area contributed by atoms with Gasteiger partial charge in [-0.15, -0.1) is 0 Å². The Balaban J connectivity index is 2.52. The van der Waals surface area contributed by atoms with Crippen LogP contribution in [-0.4, -0.2) is 15.0 Å². The third kappa shape index (κ3) is 2.19. The molecular weight excluding hydrogens is 214 g/mol. The normalized spacial score (nSPS) is 15.9. The number of hydrogen-bond donors (Lipinski definition) is 1. The summed E-state index contributed by atoms with van der Waals surface area (Å²) in [4.78, 5) is 0.215. The molecule has 0 spiro atoms. The summed E-state index contributed by atoms with van der Waals surface area (Å²) in [6.07, 6.45) is 1.88. The minimum absolute atomic E-state index is 0.215. The number of nitrogens with two attached hydrogens (primary N) is 1. The summed E-state index contributed by atoms with van der Waals surface area (Å²) < 4.78 is 27.8. The van der Waals surface area contributed by atoms with Crippen molar-refractivity contribution < 1.29 is 13.2 Å². The van der Waals surface area contributed by atoms with Gasteiger partial charge in [0.1, 0.15) is 5.75 Å². The van der Waals surface area contributed by atoms with Gasteiger partial charge in [0.15, 0.2) is 0 Å². The van der Waals surface area contributed by atoms with Crippen molar-refractivity contribution in [1.82, 2.24) is 0 Å². The lowest BCUT2D eigenvalue weighted by Gasteiger charge is -2.03. The summed E-state index contributed by atoms with van der Waals surface area (Å²) >= 11 is 0. The molecule has 0 aromatic heterocycles. The van der Waals surface area contributed by atoms with Crippen LogP contribution in [-0.2, 0) is 10.0 Å². The van der Waals surface area contributed by atoms with Gasteiger partial charge in [-0.25, -0.2) is 13.6 Å². The fraction of sp³-hybridized carbons (Fsp3) is 0.200. The van der Waals surface area contributed by atoms with Crippen molar-refractivity contribution in [3.8, 4) is 5.75 Å². The van der Waals surface area contributed by atoms with Crippen LogP contribution in [0.2, 0.25) is 0 Å². The van der Waals surface area contributed by atoms with E-state index >= 15 is 0 Å². The Kier molecular flexibility index (Phi) is 2.50. The van der Waals surface area contributed by atoms with E-state index in [9.17, 15) is 8.42 Å². The molecule has 80 valence electrons. The van der Waals surface area contributed by atoms with Gasteiger partial charge in [0.25, 0.3) is 0 Å². The topological polar surface area (TPSA) is 69.4 Å². The first-order chi connectivity index (χ1) is 7.07. The molecule has 1 heterocycles. The van der Waals surface area contributed by atoms with Gasteiger partial charge in [-0.2, -0.15) is 0 Å². The molecule has 0 unspecified atom stereocenters. The Labute approximate surface area is 88.4 Å². The highest BCUT2D eigenvalue weighted by Crippen LogP contribution is 2.26. The number of fused-ring (bicyclic) bond motifs is 1. The fourth-order valence-corrected chi connectivity index (χ4v) is 2.12. The number of rotatable bonds is 1. The molecule has 0 saturated carbocycles. The second kappa shape index (κ2) is 3.67. The molecule has 1 aromatic rings. The Morgan fingerprint density at radius 3 is 2.73 bits per heavy atom. The lowest BCUT2D eigenvalue weighted by atomic mass is 10.2. The van der Waals surface area contributed by atoms with E-state index in [-0.39, 0.29) is 4.91 Å². The van der Waals surface area contributed by atoms with E-state index in [0.717, 1.165) is 5.56 Å². The van der Waals surface area contributed by atoms with Crippen molar-refractivity contribution in [2.75, 3.05) is 6.61 Å². The number of primary sulfonamides is 1. The van der Waals surface area contributed by atoms with Gasteiger partial charge < -0.3 is 4.74 Å². The third-order valence-electron chi connectivity index (χ3n) is 2.21. The minimum atomic E-state index is -3.61. The zero-order chi connectivity index (χ0) is 10.9. The number of sulfonamides is 1. The quantitative estimate of drug-likeness (QED) is 0.778. The largest absolute Gasteiger partial charge is 0.493 e. The van der Waals surface area contributed by atoms with Crippen molar-refractivity contribution in [3.63, 3.8) is 0 Å². The Morgan fingerprint density at radius 1 is 1.27 bits per heavy atom. The van der Waals surface area contributed by atoms with Crippen molar-refractivity contribution in [2.24, 2.45) is 5.14 Å². The standard InChI is InChI=1S/C10H11NO3S/c11-15(12,13)9-5-6-14-10-4-2-1-3-8(10)7-9/h1-4,7H,5-6H2,(H2,11,12,13).